The van der Waals surface area contributed by atoms with Gasteiger partial charge in [-0.05, 0) is 13.8 Å². The van der Waals surface area contributed by atoms with E-state index in [1.54, 1.807) is 6.92 Å². The number of imide groups is 1. The molecule has 1 aromatic rings. The molecule has 0 saturated heterocycles. The van der Waals surface area contributed by atoms with Crippen LogP contribution >= 0.6 is 0 Å². The normalized spacial score (nSPS) is 15.7. The highest BCUT2D eigenvalue weighted by Gasteiger charge is 2.36. The topological polar surface area (TPSA) is 92.2 Å². The van der Waals surface area contributed by atoms with Crippen molar-refractivity contribution < 1.29 is 9.59 Å². The molecule has 1 aliphatic heterocycles. The third kappa shape index (κ3) is 1.66. The molecule has 0 spiro atoms. The molecule has 7 nitrogen and oxygen atoms in total. The zero-order chi connectivity index (χ0) is 14.5. The maximum Gasteiger partial charge on any atom is 0.328 e. The number of carbonyl (C=O) groups excluding carboxylic acids is 2. The predicted molar refractivity (Wildman–Crippen MR) is 67.4 cm³/mol. The van der Waals surface area contributed by atoms with Crippen LogP contribution in [0.5, 0.6) is 0 Å². The molecular formula is C12H13N3O4. The van der Waals surface area contributed by atoms with E-state index in [1.807, 2.05) is 0 Å². The SMILES string of the molecule is CC1=C(c2c(C)n(C)c(=O)[nH]c2=O)C(=O)N(C)C1=O. The molecule has 0 saturated carbocycles. The molecule has 1 aromatic heterocycles. The van der Waals surface area contributed by atoms with Crippen molar-refractivity contribution in [2.24, 2.45) is 7.05 Å². The van der Waals surface area contributed by atoms with Crippen LogP contribution in [0.15, 0.2) is 15.2 Å². The van der Waals surface area contributed by atoms with Crippen LogP contribution in [0.25, 0.3) is 5.57 Å². The van der Waals surface area contributed by atoms with Gasteiger partial charge in [-0.15, -0.1) is 0 Å². The lowest BCUT2D eigenvalue weighted by molar-refractivity contribution is -0.135. The number of carbonyl (C=O) groups is 2. The lowest BCUT2D eigenvalue weighted by Crippen LogP contribution is -2.34. The zero-order valence-corrected chi connectivity index (χ0v) is 11.0. The maximum absolute atomic E-state index is 12.0. The Kier molecular flexibility index (Phi) is 2.77. The summed E-state index contributed by atoms with van der Waals surface area (Å²) in [4.78, 5) is 50.2. The van der Waals surface area contributed by atoms with Gasteiger partial charge in [0.1, 0.15) is 0 Å². The van der Waals surface area contributed by atoms with E-state index in [-0.39, 0.29) is 16.7 Å². The zero-order valence-electron chi connectivity index (χ0n) is 11.0. The Balaban J connectivity index is 2.85. The van der Waals surface area contributed by atoms with Gasteiger partial charge in [-0.2, -0.15) is 0 Å². The first kappa shape index (κ1) is 13.0. The minimum absolute atomic E-state index is 0.0573. The molecule has 0 radical (unpaired) electrons. The number of rotatable bonds is 1. The van der Waals surface area contributed by atoms with E-state index in [2.05, 4.69) is 4.98 Å². The summed E-state index contributed by atoms with van der Waals surface area (Å²) in [6.07, 6.45) is 0. The third-order valence-corrected chi connectivity index (χ3v) is 3.39. The summed E-state index contributed by atoms with van der Waals surface area (Å²) in [5, 5.41) is 0. The van der Waals surface area contributed by atoms with Crippen molar-refractivity contribution >= 4 is 17.4 Å². The molecular weight excluding hydrogens is 250 g/mol. The van der Waals surface area contributed by atoms with Gasteiger partial charge in [0.2, 0.25) is 0 Å². The highest BCUT2D eigenvalue weighted by molar-refractivity contribution is 6.35. The number of aromatic amines is 1. The van der Waals surface area contributed by atoms with Gasteiger partial charge >= 0.3 is 5.69 Å². The van der Waals surface area contributed by atoms with E-state index in [9.17, 15) is 19.2 Å². The van der Waals surface area contributed by atoms with E-state index in [4.69, 9.17) is 0 Å². The number of nitrogens with one attached hydrogen (secondary N) is 1. The number of aromatic nitrogens is 2. The largest absolute Gasteiger partial charge is 0.328 e. The van der Waals surface area contributed by atoms with Crippen LogP contribution in [0.3, 0.4) is 0 Å². The Labute approximate surface area is 108 Å². The molecule has 0 fully saturated rings. The van der Waals surface area contributed by atoms with Gasteiger partial charge in [0.15, 0.2) is 0 Å². The molecule has 0 unspecified atom stereocenters. The first-order valence-corrected chi connectivity index (χ1v) is 5.61. The van der Waals surface area contributed by atoms with E-state index in [0.29, 0.717) is 5.69 Å². The highest BCUT2D eigenvalue weighted by Crippen LogP contribution is 2.27. The van der Waals surface area contributed by atoms with Crippen molar-refractivity contribution in [3.63, 3.8) is 0 Å². The fraction of sp³-hybridized carbons (Fsp3) is 0.333. The van der Waals surface area contributed by atoms with E-state index < -0.39 is 23.1 Å². The second-order valence-corrected chi connectivity index (χ2v) is 4.45. The van der Waals surface area contributed by atoms with Crippen LogP contribution in [0.1, 0.15) is 18.2 Å². The fourth-order valence-electron chi connectivity index (χ4n) is 2.10. The van der Waals surface area contributed by atoms with Gasteiger partial charge in [-0.3, -0.25) is 24.3 Å². The Morgan fingerprint density at radius 2 is 1.53 bits per heavy atom. The minimum Gasteiger partial charge on any atom is -0.300 e. The quantitative estimate of drug-likeness (QED) is 0.668. The van der Waals surface area contributed by atoms with Crippen molar-refractivity contribution in [3.05, 3.63) is 37.7 Å². The number of likely N-dealkylation sites (N-methyl/N-ethyl adjacent to an activating group) is 1. The summed E-state index contributed by atoms with van der Waals surface area (Å²) >= 11 is 0. The lowest BCUT2D eigenvalue weighted by Gasteiger charge is -2.10. The molecule has 2 heterocycles. The third-order valence-electron chi connectivity index (χ3n) is 3.39. The van der Waals surface area contributed by atoms with Gasteiger partial charge in [0, 0.05) is 25.4 Å². The molecule has 0 aromatic carbocycles. The molecule has 100 valence electrons. The molecule has 1 aliphatic rings. The fourth-order valence-corrected chi connectivity index (χ4v) is 2.10. The molecule has 2 rings (SSSR count). The maximum atomic E-state index is 12.0. The van der Waals surface area contributed by atoms with Crippen molar-refractivity contribution in [2.45, 2.75) is 13.8 Å². The van der Waals surface area contributed by atoms with E-state index in [1.165, 1.54) is 25.6 Å². The van der Waals surface area contributed by atoms with Gasteiger partial charge in [0.25, 0.3) is 17.4 Å². The Morgan fingerprint density at radius 3 is 2.00 bits per heavy atom. The average molecular weight is 263 g/mol. The van der Waals surface area contributed by atoms with E-state index >= 15 is 0 Å². The standard InChI is InChI=1S/C12H13N3O4/c1-5-7(11(18)15(4)10(5)17)8-6(2)14(3)12(19)13-9(8)16/h1-4H3,(H,13,16,19). The number of hydrogen-bond acceptors (Lipinski definition) is 4. The molecule has 0 bridgehead atoms. The number of amides is 2. The van der Waals surface area contributed by atoms with Crippen LogP contribution in [0.2, 0.25) is 0 Å². The smallest absolute Gasteiger partial charge is 0.300 e. The molecule has 0 atom stereocenters. The van der Waals surface area contributed by atoms with Crippen molar-refractivity contribution in [1.82, 2.24) is 14.5 Å². The van der Waals surface area contributed by atoms with Crippen LogP contribution in [-0.4, -0.2) is 33.3 Å². The molecule has 19 heavy (non-hydrogen) atoms. The first-order valence-electron chi connectivity index (χ1n) is 5.61. The van der Waals surface area contributed by atoms with Crippen LogP contribution in [0, 0.1) is 6.92 Å². The van der Waals surface area contributed by atoms with Crippen LogP contribution in [-0.2, 0) is 16.6 Å². The highest BCUT2D eigenvalue weighted by atomic mass is 16.2. The van der Waals surface area contributed by atoms with Gasteiger partial charge in [-0.1, -0.05) is 0 Å². The van der Waals surface area contributed by atoms with Crippen LogP contribution < -0.4 is 11.2 Å². The van der Waals surface area contributed by atoms with Gasteiger partial charge in [-0.25, -0.2) is 4.79 Å². The predicted octanol–water partition coefficient (Wildman–Crippen LogP) is -0.846. The van der Waals surface area contributed by atoms with Gasteiger partial charge in [0.05, 0.1) is 11.1 Å². The lowest BCUT2D eigenvalue weighted by atomic mass is 10.0. The summed E-state index contributed by atoms with van der Waals surface area (Å²) in [5.41, 5.74) is -0.538. The van der Waals surface area contributed by atoms with E-state index in [0.717, 1.165) is 4.90 Å². The van der Waals surface area contributed by atoms with Crippen molar-refractivity contribution in [2.75, 3.05) is 7.05 Å². The van der Waals surface area contributed by atoms with Crippen molar-refractivity contribution in [3.8, 4) is 0 Å². The Bertz CT molecular complexity index is 751. The number of H-pyrrole nitrogens is 1. The minimum atomic E-state index is -0.661. The summed E-state index contributed by atoms with van der Waals surface area (Å²) in [6, 6.07) is 0. The summed E-state index contributed by atoms with van der Waals surface area (Å²) in [6.45, 7) is 3.05. The second-order valence-electron chi connectivity index (χ2n) is 4.45. The molecule has 0 aliphatic carbocycles. The van der Waals surface area contributed by atoms with Crippen LogP contribution in [0.4, 0.5) is 0 Å². The Hall–Kier alpha value is -2.44. The average Bonchev–Trinajstić information content (AvgIpc) is 2.54. The number of hydrogen-bond donors (Lipinski definition) is 1. The molecule has 7 heteroatoms. The summed E-state index contributed by atoms with van der Waals surface area (Å²) < 4.78 is 1.23. The monoisotopic (exact) mass is 263 g/mol. The van der Waals surface area contributed by atoms with Gasteiger partial charge < -0.3 is 4.57 Å². The summed E-state index contributed by atoms with van der Waals surface area (Å²) in [5.74, 6) is -0.970. The summed E-state index contributed by atoms with van der Waals surface area (Å²) in [7, 11) is 2.84. The molecule has 1 N–H and O–H groups in total. The second kappa shape index (κ2) is 4.04. The first-order chi connectivity index (χ1) is 8.77. The number of nitrogens with zero attached hydrogens (tertiary/aromatic N) is 2. The van der Waals surface area contributed by atoms with Crippen molar-refractivity contribution in [1.29, 1.82) is 0 Å². The molecule has 2 amide bonds. The Morgan fingerprint density at radius 1 is 0.947 bits per heavy atom.